The molecule has 0 bridgehead atoms. The minimum atomic E-state index is -2.83. The molecule has 0 atom stereocenters. The summed E-state index contributed by atoms with van der Waals surface area (Å²) >= 11 is 0. The van der Waals surface area contributed by atoms with Crippen molar-refractivity contribution in [3.05, 3.63) is 90.0 Å². The first-order valence-electron chi connectivity index (χ1n) is 7.60. The Balaban J connectivity index is 1.78. The van der Waals surface area contributed by atoms with Crippen LogP contribution in [0.2, 0.25) is 0 Å². The number of hydrogen-bond acceptors (Lipinski definition) is 1. The van der Waals surface area contributed by atoms with Gasteiger partial charge < -0.3 is 4.74 Å². The molecule has 3 aromatic rings. The van der Waals surface area contributed by atoms with Crippen LogP contribution in [-0.4, -0.2) is 6.61 Å². The fraction of sp³-hybridized carbons (Fsp3) is 0.0476. The van der Waals surface area contributed by atoms with Crippen molar-refractivity contribution in [3.63, 3.8) is 0 Å². The van der Waals surface area contributed by atoms with Crippen molar-refractivity contribution in [2.24, 2.45) is 0 Å². The highest BCUT2D eigenvalue weighted by atomic mass is 19.3. The topological polar surface area (TPSA) is 9.23 Å². The minimum absolute atomic E-state index is 0.171. The fourth-order valence-corrected chi connectivity index (χ4v) is 2.42. The molecule has 0 radical (unpaired) electrons. The van der Waals surface area contributed by atoms with Gasteiger partial charge in [0, 0.05) is 5.56 Å². The lowest BCUT2D eigenvalue weighted by Crippen LogP contribution is -2.02. The van der Waals surface area contributed by atoms with Crippen LogP contribution in [0.25, 0.3) is 23.3 Å². The number of para-hydroxylation sites is 1. The smallest absolute Gasteiger partial charge is 0.387 e. The highest BCUT2D eigenvalue weighted by Gasteiger charge is 2.06. The lowest BCUT2D eigenvalue weighted by Gasteiger charge is -2.07. The van der Waals surface area contributed by atoms with Crippen LogP contribution in [-0.2, 0) is 0 Å². The van der Waals surface area contributed by atoms with Gasteiger partial charge in [-0.1, -0.05) is 84.9 Å². The highest BCUT2D eigenvalue weighted by Crippen LogP contribution is 2.24. The van der Waals surface area contributed by atoms with Crippen LogP contribution in [0.1, 0.15) is 11.1 Å². The van der Waals surface area contributed by atoms with E-state index in [1.54, 1.807) is 24.3 Å². The Morgan fingerprint density at radius 2 is 1.29 bits per heavy atom. The van der Waals surface area contributed by atoms with E-state index < -0.39 is 6.61 Å². The molecular formula is C21H16F2O. The summed E-state index contributed by atoms with van der Waals surface area (Å²) in [5, 5.41) is 0. The van der Waals surface area contributed by atoms with Crippen LogP contribution in [0.15, 0.2) is 78.9 Å². The Bertz CT molecular complexity index is 809. The number of halogens is 2. The highest BCUT2D eigenvalue weighted by molar-refractivity contribution is 5.74. The number of hydrogen-bond donors (Lipinski definition) is 0. The number of ether oxygens (including phenoxy) is 1. The Morgan fingerprint density at radius 1 is 0.667 bits per heavy atom. The molecule has 24 heavy (non-hydrogen) atoms. The second-order valence-corrected chi connectivity index (χ2v) is 5.24. The molecule has 0 aliphatic carbocycles. The van der Waals surface area contributed by atoms with E-state index >= 15 is 0 Å². The van der Waals surface area contributed by atoms with E-state index in [9.17, 15) is 8.78 Å². The molecule has 3 rings (SSSR count). The van der Waals surface area contributed by atoms with E-state index in [2.05, 4.69) is 16.9 Å². The molecule has 0 amide bonds. The molecule has 0 aliphatic heterocycles. The van der Waals surface area contributed by atoms with Gasteiger partial charge >= 0.3 is 6.61 Å². The van der Waals surface area contributed by atoms with Crippen LogP contribution in [0.5, 0.6) is 5.75 Å². The van der Waals surface area contributed by atoms with Crippen molar-refractivity contribution >= 4 is 12.2 Å². The SMILES string of the molecule is FC(F)Oc1ccccc1C=Cc1ccc(-c2ccccc2)cc1. The minimum Gasteiger partial charge on any atom is -0.434 e. The summed E-state index contributed by atoms with van der Waals surface area (Å²) in [6.45, 7) is -2.83. The third-order valence-corrected chi connectivity index (χ3v) is 3.61. The zero-order valence-corrected chi connectivity index (χ0v) is 12.9. The summed E-state index contributed by atoms with van der Waals surface area (Å²) in [6, 6.07) is 24.9. The normalized spacial score (nSPS) is 11.1. The van der Waals surface area contributed by atoms with Crippen LogP contribution in [0.3, 0.4) is 0 Å². The first-order valence-corrected chi connectivity index (χ1v) is 7.60. The van der Waals surface area contributed by atoms with Gasteiger partial charge in [0.15, 0.2) is 0 Å². The Kier molecular flexibility index (Phi) is 5.02. The van der Waals surface area contributed by atoms with Gasteiger partial charge in [0.25, 0.3) is 0 Å². The first kappa shape index (κ1) is 15.9. The molecule has 0 N–H and O–H groups in total. The van der Waals surface area contributed by atoms with Crippen molar-refractivity contribution in [3.8, 4) is 16.9 Å². The van der Waals surface area contributed by atoms with Crippen molar-refractivity contribution in [1.29, 1.82) is 0 Å². The molecular weight excluding hydrogens is 306 g/mol. The Morgan fingerprint density at radius 3 is 2.00 bits per heavy atom. The van der Waals surface area contributed by atoms with Crippen LogP contribution >= 0.6 is 0 Å². The largest absolute Gasteiger partial charge is 0.434 e. The monoisotopic (exact) mass is 322 g/mol. The number of rotatable bonds is 5. The van der Waals surface area contributed by atoms with E-state index in [1.807, 2.05) is 48.5 Å². The zero-order valence-electron chi connectivity index (χ0n) is 12.9. The summed E-state index contributed by atoms with van der Waals surface area (Å²) in [6.07, 6.45) is 3.65. The van der Waals surface area contributed by atoms with Crippen LogP contribution in [0, 0.1) is 0 Å². The summed E-state index contributed by atoms with van der Waals surface area (Å²) < 4.78 is 29.4. The zero-order chi connectivity index (χ0) is 16.8. The van der Waals surface area contributed by atoms with Crippen LogP contribution in [0.4, 0.5) is 8.78 Å². The Hall–Kier alpha value is -2.94. The van der Waals surface area contributed by atoms with Crippen molar-refractivity contribution in [1.82, 2.24) is 0 Å². The predicted octanol–water partition coefficient (Wildman–Crippen LogP) is 6.13. The van der Waals surface area contributed by atoms with Gasteiger partial charge in [0.2, 0.25) is 0 Å². The average Bonchev–Trinajstić information content (AvgIpc) is 2.62. The number of benzene rings is 3. The van der Waals surface area contributed by atoms with Gasteiger partial charge in [-0.2, -0.15) is 8.78 Å². The lowest BCUT2D eigenvalue weighted by molar-refractivity contribution is -0.0499. The summed E-state index contributed by atoms with van der Waals surface area (Å²) in [4.78, 5) is 0. The molecule has 3 aromatic carbocycles. The predicted molar refractivity (Wildman–Crippen MR) is 93.9 cm³/mol. The van der Waals surface area contributed by atoms with Gasteiger partial charge in [0.05, 0.1) is 0 Å². The average molecular weight is 322 g/mol. The maximum absolute atomic E-state index is 12.4. The van der Waals surface area contributed by atoms with E-state index in [0.29, 0.717) is 5.56 Å². The van der Waals surface area contributed by atoms with Crippen LogP contribution < -0.4 is 4.74 Å². The maximum atomic E-state index is 12.4. The lowest BCUT2D eigenvalue weighted by atomic mass is 10.0. The molecule has 0 aliphatic rings. The van der Waals surface area contributed by atoms with E-state index in [4.69, 9.17) is 0 Å². The number of alkyl halides is 2. The molecule has 120 valence electrons. The van der Waals surface area contributed by atoms with Gasteiger partial charge in [-0.25, -0.2) is 0 Å². The molecule has 3 heteroatoms. The first-order chi connectivity index (χ1) is 11.7. The third kappa shape index (κ3) is 4.07. The van der Waals surface area contributed by atoms with Gasteiger partial charge in [-0.3, -0.25) is 0 Å². The standard InChI is InChI=1S/C21H16F2O/c22-21(23)24-20-9-5-4-8-19(20)15-12-16-10-13-18(14-11-16)17-6-2-1-3-7-17/h1-15,21H. The Labute approximate surface area is 139 Å². The van der Waals surface area contributed by atoms with Crippen molar-refractivity contribution in [2.75, 3.05) is 0 Å². The molecule has 0 fully saturated rings. The summed E-state index contributed by atoms with van der Waals surface area (Å²) in [7, 11) is 0. The van der Waals surface area contributed by atoms with E-state index in [-0.39, 0.29) is 5.75 Å². The summed E-state index contributed by atoms with van der Waals surface area (Å²) in [5.41, 5.74) is 3.89. The van der Waals surface area contributed by atoms with Gasteiger partial charge in [-0.15, -0.1) is 0 Å². The van der Waals surface area contributed by atoms with Gasteiger partial charge in [-0.05, 0) is 22.8 Å². The molecule has 0 spiro atoms. The molecule has 0 heterocycles. The maximum Gasteiger partial charge on any atom is 0.387 e. The quantitative estimate of drug-likeness (QED) is 0.514. The molecule has 0 saturated carbocycles. The second kappa shape index (κ2) is 7.55. The van der Waals surface area contributed by atoms with E-state index in [1.165, 1.54) is 6.07 Å². The fourth-order valence-electron chi connectivity index (χ4n) is 2.42. The van der Waals surface area contributed by atoms with Crippen molar-refractivity contribution < 1.29 is 13.5 Å². The molecule has 1 nitrogen and oxygen atoms in total. The molecule has 0 unspecified atom stereocenters. The molecule has 0 saturated heterocycles. The van der Waals surface area contributed by atoms with Crippen molar-refractivity contribution in [2.45, 2.75) is 6.61 Å². The van der Waals surface area contributed by atoms with E-state index in [0.717, 1.165) is 16.7 Å². The van der Waals surface area contributed by atoms with Gasteiger partial charge in [0.1, 0.15) is 5.75 Å². The second-order valence-electron chi connectivity index (χ2n) is 5.24. The third-order valence-electron chi connectivity index (χ3n) is 3.61. The molecule has 0 aromatic heterocycles. The summed E-state index contributed by atoms with van der Waals surface area (Å²) in [5.74, 6) is 0.171.